The molecular formula is C22H26N2O2S. The summed E-state index contributed by atoms with van der Waals surface area (Å²) in [5, 5.41) is 0. The van der Waals surface area contributed by atoms with E-state index in [1.165, 1.54) is 11.1 Å². The number of likely N-dealkylation sites (tertiary alicyclic amines) is 1. The molecule has 0 N–H and O–H groups in total. The zero-order valence-electron chi connectivity index (χ0n) is 16.0. The van der Waals surface area contributed by atoms with Gasteiger partial charge >= 0.3 is 0 Å². The molecule has 4 nitrogen and oxygen atoms in total. The van der Waals surface area contributed by atoms with Gasteiger partial charge in [0.25, 0.3) is 5.91 Å². The molecular weight excluding hydrogens is 356 g/mol. The van der Waals surface area contributed by atoms with Gasteiger partial charge in [-0.05, 0) is 42.5 Å². The lowest BCUT2D eigenvalue weighted by Gasteiger charge is -2.28. The molecule has 1 fully saturated rings. The van der Waals surface area contributed by atoms with Crippen LogP contribution in [0.5, 0.6) is 0 Å². The molecule has 0 bridgehead atoms. The van der Waals surface area contributed by atoms with Crippen molar-refractivity contribution in [3.63, 3.8) is 0 Å². The van der Waals surface area contributed by atoms with E-state index in [1.807, 2.05) is 41.8 Å². The average Bonchev–Trinajstić information content (AvgIpc) is 3.35. The Hall–Kier alpha value is -2.14. The fourth-order valence-corrected chi connectivity index (χ4v) is 5.25. The summed E-state index contributed by atoms with van der Waals surface area (Å²) in [5.74, 6) is 0.340. The molecule has 3 heterocycles. The summed E-state index contributed by atoms with van der Waals surface area (Å²) in [6, 6.07) is 12.5. The third-order valence-corrected chi connectivity index (χ3v) is 6.79. The van der Waals surface area contributed by atoms with Crippen molar-refractivity contribution in [3.8, 4) is 0 Å². The maximum Gasteiger partial charge on any atom is 0.264 e. The van der Waals surface area contributed by atoms with Crippen molar-refractivity contribution >= 4 is 23.2 Å². The predicted molar refractivity (Wildman–Crippen MR) is 108 cm³/mol. The predicted octanol–water partition coefficient (Wildman–Crippen LogP) is 4.27. The van der Waals surface area contributed by atoms with E-state index in [9.17, 15) is 9.59 Å². The van der Waals surface area contributed by atoms with E-state index < -0.39 is 0 Å². The van der Waals surface area contributed by atoms with Crippen LogP contribution in [0.1, 0.15) is 58.4 Å². The highest BCUT2D eigenvalue weighted by Gasteiger charge is 2.33. The van der Waals surface area contributed by atoms with Crippen LogP contribution in [0.15, 0.2) is 36.4 Å². The molecule has 142 valence electrons. The topological polar surface area (TPSA) is 40.6 Å². The van der Waals surface area contributed by atoms with Crippen LogP contribution >= 0.6 is 11.3 Å². The fraction of sp³-hybridized carbons (Fsp3) is 0.455. The second-order valence-corrected chi connectivity index (χ2v) is 8.91. The third-order valence-electron chi connectivity index (χ3n) is 5.61. The van der Waals surface area contributed by atoms with Gasteiger partial charge in [-0.15, -0.1) is 11.3 Å². The molecule has 27 heavy (non-hydrogen) atoms. The van der Waals surface area contributed by atoms with Crippen LogP contribution in [0, 0.1) is 5.92 Å². The van der Waals surface area contributed by atoms with Crippen LogP contribution in [0.2, 0.25) is 0 Å². The number of amides is 2. The lowest BCUT2D eigenvalue weighted by Crippen LogP contribution is -2.35. The molecule has 0 spiro atoms. The second kappa shape index (κ2) is 7.47. The number of thiophene rings is 1. The number of benzene rings is 1. The third kappa shape index (κ3) is 3.53. The lowest BCUT2D eigenvalue weighted by atomic mass is 10.00. The maximum atomic E-state index is 13.0. The largest absolute Gasteiger partial charge is 0.335 e. The number of hydrogen-bond acceptors (Lipinski definition) is 3. The minimum Gasteiger partial charge on any atom is -0.335 e. The summed E-state index contributed by atoms with van der Waals surface area (Å²) in [4.78, 5) is 31.4. The van der Waals surface area contributed by atoms with Crippen LogP contribution in [0.25, 0.3) is 0 Å². The number of carbonyl (C=O) groups excluding carboxylic acids is 2. The minimum absolute atomic E-state index is 0.0140. The van der Waals surface area contributed by atoms with Gasteiger partial charge in [-0.1, -0.05) is 38.1 Å². The molecule has 2 aliphatic heterocycles. The maximum absolute atomic E-state index is 13.0. The van der Waals surface area contributed by atoms with E-state index in [-0.39, 0.29) is 23.8 Å². The Balaban J connectivity index is 1.49. The second-order valence-electron chi connectivity index (χ2n) is 7.79. The lowest BCUT2D eigenvalue weighted by molar-refractivity contribution is -0.135. The van der Waals surface area contributed by atoms with Gasteiger partial charge in [-0.25, -0.2) is 0 Å². The normalized spacial score (nSPS) is 19.4. The van der Waals surface area contributed by atoms with Crippen molar-refractivity contribution in [3.05, 3.63) is 57.3 Å². The SMILES string of the molecule is CC(C)C(=O)N1CCC[C@H]1c1ccc(C(=O)N2CCc3ccccc3C2)s1. The summed E-state index contributed by atoms with van der Waals surface area (Å²) in [6.45, 7) is 6.18. The van der Waals surface area contributed by atoms with E-state index >= 15 is 0 Å². The number of hydrogen-bond donors (Lipinski definition) is 0. The smallest absolute Gasteiger partial charge is 0.264 e. The Labute approximate surface area is 164 Å². The van der Waals surface area contributed by atoms with E-state index in [1.54, 1.807) is 11.3 Å². The zero-order chi connectivity index (χ0) is 19.0. The van der Waals surface area contributed by atoms with Crippen molar-refractivity contribution in [2.45, 2.75) is 45.7 Å². The molecule has 0 saturated carbocycles. The van der Waals surface area contributed by atoms with Gasteiger partial charge in [0.1, 0.15) is 0 Å². The van der Waals surface area contributed by atoms with Crippen LogP contribution in [0.3, 0.4) is 0 Å². The van der Waals surface area contributed by atoms with E-state index in [0.29, 0.717) is 6.54 Å². The van der Waals surface area contributed by atoms with Crippen molar-refractivity contribution < 1.29 is 9.59 Å². The van der Waals surface area contributed by atoms with Gasteiger partial charge in [-0.3, -0.25) is 9.59 Å². The zero-order valence-corrected chi connectivity index (χ0v) is 16.8. The molecule has 1 aromatic carbocycles. The number of rotatable bonds is 3. The fourth-order valence-electron chi connectivity index (χ4n) is 4.13. The van der Waals surface area contributed by atoms with Crippen molar-refractivity contribution in [1.29, 1.82) is 0 Å². The van der Waals surface area contributed by atoms with E-state index in [2.05, 4.69) is 18.2 Å². The van der Waals surface area contributed by atoms with Gasteiger partial charge in [0, 0.05) is 30.4 Å². The summed E-state index contributed by atoms with van der Waals surface area (Å²) in [6.07, 6.45) is 2.94. The van der Waals surface area contributed by atoms with E-state index in [4.69, 9.17) is 0 Å². The van der Waals surface area contributed by atoms with Gasteiger partial charge in [0.15, 0.2) is 0 Å². The number of fused-ring (bicyclic) bond motifs is 1. The Bertz CT molecular complexity index is 858. The van der Waals surface area contributed by atoms with E-state index in [0.717, 1.165) is 42.1 Å². The highest BCUT2D eigenvalue weighted by Crippen LogP contribution is 2.37. The molecule has 0 radical (unpaired) electrons. The summed E-state index contributed by atoms with van der Waals surface area (Å²) < 4.78 is 0. The first-order chi connectivity index (χ1) is 13.0. The van der Waals surface area contributed by atoms with Gasteiger partial charge in [-0.2, -0.15) is 0 Å². The van der Waals surface area contributed by atoms with Gasteiger partial charge in [0.05, 0.1) is 10.9 Å². The van der Waals surface area contributed by atoms with Crippen molar-refractivity contribution in [2.24, 2.45) is 5.92 Å². The van der Waals surface area contributed by atoms with Gasteiger partial charge in [0.2, 0.25) is 5.91 Å². The molecule has 1 atom stereocenters. The molecule has 4 rings (SSSR count). The Morgan fingerprint density at radius 1 is 1.07 bits per heavy atom. The van der Waals surface area contributed by atoms with Crippen molar-refractivity contribution in [1.82, 2.24) is 9.80 Å². The Morgan fingerprint density at radius 3 is 2.63 bits per heavy atom. The number of carbonyl (C=O) groups is 2. The standard InChI is InChI=1S/C22H26N2O2S/c1-15(2)21(25)24-12-5-8-18(24)19-9-10-20(27-19)22(26)23-13-11-16-6-3-4-7-17(16)14-23/h3-4,6-7,9-10,15,18H,5,8,11-14H2,1-2H3/t18-/m0/s1. The quantitative estimate of drug-likeness (QED) is 0.796. The van der Waals surface area contributed by atoms with Gasteiger partial charge < -0.3 is 9.80 Å². The van der Waals surface area contributed by atoms with Crippen LogP contribution in [-0.2, 0) is 17.8 Å². The molecule has 2 aliphatic rings. The first-order valence-electron chi connectivity index (χ1n) is 9.81. The average molecular weight is 383 g/mol. The molecule has 2 aromatic rings. The molecule has 1 aromatic heterocycles. The first-order valence-corrected chi connectivity index (χ1v) is 10.6. The molecule has 1 saturated heterocycles. The highest BCUT2D eigenvalue weighted by molar-refractivity contribution is 7.14. The van der Waals surface area contributed by atoms with Crippen LogP contribution in [-0.4, -0.2) is 34.7 Å². The molecule has 0 aliphatic carbocycles. The van der Waals surface area contributed by atoms with Crippen LogP contribution < -0.4 is 0 Å². The van der Waals surface area contributed by atoms with Crippen LogP contribution in [0.4, 0.5) is 0 Å². The Kier molecular flexibility index (Phi) is 5.04. The number of nitrogens with zero attached hydrogens (tertiary/aromatic N) is 2. The summed E-state index contributed by atoms with van der Waals surface area (Å²) in [5.41, 5.74) is 2.60. The molecule has 5 heteroatoms. The first kappa shape index (κ1) is 18.2. The summed E-state index contributed by atoms with van der Waals surface area (Å²) >= 11 is 1.56. The molecule has 2 amide bonds. The minimum atomic E-state index is 0.0140. The summed E-state index contributed by atoms with van der Waals surface area (Å²) in [7, 11) is 0. The van der Waals surface area contributed by atoms with Crippen molar-refractivity contribution in [2.75, 3.05) is 13.1 Å². The molecule has 0 unspecified atom stereocenters. The Morgan fingerprint density at radius 2 is 1.85 bits per heavy atom. The monoisotopic (exact) mass is 382 g/mol. The highest BCUT2D eigenvalue weighted by atomic mass is 32.1.